The molecule has 0 aliphatic carbocycles. The lowest BCUT2D eigenvalue weighted by Crippen LogP contribution is -2.06. The van der Waals surface area contributed by atoms with Crippen molar-refractivity contribution in [2.45, 2.75) is 13.8 Å². The second kappa shape index (κ2) is 16.7. The molecule has 0 aliphatic heterocycles. The summed E-state index contributed by atoms with van der Waals surface area (Å²) in [5.41, 5.74) is 2.64. The molecule has 2 aromatic rings. The maximum atomic E-state index is 5.06. The summed E-state index contributed by atoms with van der Waals surface area (Å²) < 4.78 is 14.6. The minimum Gasteiger partial charge on any atom is -0.382 e. The molecule has 0 saturated heterocycles. The van der Waals surface area contributed by atoms with E-state index in [1.54, 1.807) is 14.2 Å². The highest BCUT2D eigenvalue weighted by Crippen LogP contribution is 1.92. The van der Waals surface area contributed by atoms with Crippen molar-refractivity contribution >= 4 is 0 Å². The molecule has 2 aromatic carbocycles. The summed E-state index contributed by atoms with van der Waals surface area (Å²) in [5, 5.41) is 0. The summed E-state index contributed by atoms with van der Waals surface area (Å²) in [4.78, 5) is 0. The zero-order valence-electron chi connectivity index (χ0n) is 14.8. The van der Waals surface area contributed by atoms with Crippen LogP contribution in [0.15, 0.2) is 60.7 Å². The molecule has 23 heavy (non-hydrogen) atoms. The van der Waals surface area contributed by atoms with E-state index in [1.165, 1.54) is 11.1 Å². The van der Waals surface area contributed by atoms with Crippen molar-refractivity contribution in [2.24, 2.45) is 0 Å². The summed E-state index contributed by atoms with van der Waals surface area (Å²) in [6, 6.07) is 20.5. The molecule has 0 bridgehead atoms. The number of hydrogen-bond donors (Lipinski definition) is 0. The minimum absolute atomic E-state index is 0.653. The standard InChI is InChI=1S/2C7H8.C6H14O3/c2*1-7-5-3-2-4-6-7;1-7-3-5-9-6-4-8-2/h2*2-6H,1H3;3-6H2,1-2H3. The Bertz CT molecular complexity index is 399. The molecule has 2 rings (SSSR count). The smallest absolute Gasteiger partial charge is 0.0701 e. The van der Waals surface area contributed by atoms with E-state index in [0.717, 1.165) is 0 Å². The fourth-order valence-electron chi connectivity index (χ4n) is 1.46. The Labute approximate surface area is 141 Å². The van der Waals surface area contributed by atoms with E-state index in [0.29, 0.717) is 26.4 Å². The van der Waals surface area contributed by atoms with Crippen molar-refractivity contribution in [2.75, 3.05) is 40.6 Å². The fraction of sp³-hybridized carbons (Fsp3) is 0.400. The van der Waals surface area contributed by atoms with Crippen LogP contribution in [0.5, 0.6) is 0 Å². The first-order valence-corrected chi connectivity index (χ1v) is 7.79. The van der Waals surface area contributed by atoms with Crippen LogP contribution >= 0.6 is 0 Å². The van der Waals surface area contributed by atoms with Crippen molar-refractivity contribution in [3.8, 4) is 0 Å². The van der Waals surface area contributed by atoms with Gasteiger partial charge in [0, 0.05) is 14.2 Å². The van der Waals surface area contributed by atoms with Crippen LogP contribution in [0, 0.1) is 13.8 Å². The van der Waals surface area contributed by atoms with E-state index < -0.39 is 0 Å². The van der Waals surface area contributed by atoms with Crippen molar-refractivity contribution in [3.05, 3.63) is 71.8 Å². The Balaban J connectivity index is 0.000000318. The van der Waals surface area contributed by atoms with Gasteiger partial charge in [0.2, 0.25) is 0 Å². The van der Waals surface area contributed by atoms with E-state index >= 15 is 0 Å². The van der Waals surface area contributed by atoms with Crippen LogP contribution in [0.4, 0.5) is 0 Å². The fourth-order valence-corrected chi connectivity index (χ4v) is 1.46. The third-order valence-corrected chi connectivity index (χ3v) is 2.74. The molecule has 0 aromatic heterocycles. The van der Waals surface area contributed by atoms with E-state index in [-0.39, 0.29) is 0 Å². The van der Waals surface area contributed by atoms with E-state index in [1.807, 2.05) is 36.4 Å². The summed E-state index contributed by atoms with van der Waals surface area (Å²) in [7, 11) is 3.30. The SMILES string of the molecule is COCCOCCOC.Cc1ccccc1.Cc1ccccc1. The molecule has 0 spiro atoms. The lowest BCUT2D eigenvalue weighted by molar-refractivity contribution is 0.0385. The highest BCUT2D eigenvalue weighted by atomic mass is 16.5. The normalized spacial score (nSPS) is 9.22. The van der Waals surface area contributed by atoms with Gasteiger partial charge in [0.05, 0.1) is 26.4 Å². The molecule has 3 heteroatoms. The third-order valence-electron chi connectivity index (χ3n) is 2.74. The molecule has 0 atom stereocenters. The number of ether oxygens (including phenoxy) is 3. The molecule has 3 nitrogen and oxygen atoms in total. The van der Waals surface area contributed by atoms with Crippen molar-refractivity contribution in [1.29, 1.82) is 0 Å². The van der Waals surface area contributed by atoms with Crippen molar-refractivity contribution < 1.29 is 14.2 Å². The van der Waals surface area contributed by atoms with Gasteiger partial charge in [0.1, 0.15) is 0 Å². The maximum Gasteiger partial charge on any atom is 0.0701 e. The molecule has 0 heterocycles. The Morgan fingerprint density at radius 2 is 0.913 bits per heavy atom. The maximum absolute atomic E-state index is 5.06. The van der Waals surface area contributed by atoms with Gasteiger partial charge < -0.3 is 14.2 Å². The summed E-state index contributed by atoms with van der Waals surface area (Å²) in [6.07, 6.45) is 0. The Morgan fingerprint density at radius 1 is 0.565 bits per heavy atom. The predicted octanol–water partition coefficient (Wildman–Crippen LogP) is 4.29. The molecular weight excluding hydrogens is 288 g/mol. The Morgan fingerprint density at radius 3 is 1.13 bits per heavy atom. The summed E-state index contributed by atoms with van der Waals surface area (Å²) in [6.45, 7) is 6.78. The molecule has 0 saturated carbocycles. The Hall–Kier alpha value is -1.68. The molecular formula is C20H30O3. The monoisotopic (exact) mass is 318 g/mol. The zero-order valence-corrected chi connectivity index (χ0v) is 14.8. The average Bonchev–Trinajstić information content (AvgIpc) is 2.57. The van der Waals surface area contributed by atoms with Gasteiger partial charge in [-0.2, -0.15) is 0 Å². The summed E-state index contributed by atoms with van der Waals surface area (Å²) in [5.74, 6) is 0. The first kappa shape index (κ1) is 21.3. The van der Waals surface area contributed by atoms with Crippen molar-refractivity contribution in [1.82, 2.24) is 0 Å². The number of methoxy groups -OCH3 is 2. The first-order valence-electron chi connectivity index (χ1n) is 7.79. The zero-order chi connectivity index (χ0) is 17.2. The van der Waals surface area contributed by atoms with Gasteiger partial charge in [-0.15, -0.1) is 0 Å². The van der Waals surface area contributed by atoms with Crippen LogP contribution in [0.2, 0.25) is 0 Å². The summed E-state index contributed by atoms with van der Waals surface area (Å²) >= 11 is 0. The third kappa shape index (κ3) is 16.5. The lowest BCUT2D eigenvalue weighted by atomic mass is 10.2. The largest absolute Gasteiger partial charge is 0.382 e. The lowest BCUT2D eigenvalue weighted by Gasteiger charge is -2.00. The van der Waals surface area contributed by atoms with Gasteiger partial charge in [-0.05, 0) is 13.8 Å². The van der Waals surface area contributed by atoms with Gasteiger partial charge in [0.15, 0.2) is 0 Å². The molecule has 128 valence electrons. The second-order valence-electron chi connectivity index (χ2n) is 4.91. The van der Waals surface area contributed by atoms with Crippen LogP contribution in [0.3, 0.4) is 0 Å². The highest BCUT2D eigenvalue weighted by Gasteiger charge is 1.84. The van der Waals surface area contributed by atoms with Gasteiger partial charge in [-0.3, -0.25) is 0 Å². The molecule has 0 N–H and O–H groups in total. The predicted molar refractivity (Wildman–Crippen MR) is 96.9 cm³/mol. The van der Waals surface area contributed by atoms with Crippen molar-refractivity contribution in [3.63, 3.8) is 0 Å². The second-order valence-corrected chi connectivity index (χ2v) is 4.91. The number of benzene rings is 2. The van der Waals surface area contributed by atoms with E-state index in [4.69, 9.17) is 14.2 Å². The highest BCUT2D eigenvalue weighted by molar-refractivity contribution is 5.12. The van der Waals surface area contributed by atoms with Gasteiger partial charge >= 0.3 is 0 Å². The quantitative estimate of drug-likeness (QED) is 0.744. The van der Waals surface area contributed by atoms with Gasteiger partial charge in [-0.1, -0.05) is 71.8 Å². The number of aryl methyl sites for hydroxylation is 2. The van der Waals surface area contributed by atoms with E-state index in [9.17, 15) is 0 Å². The van der Waals surface area contributed by atoms with E-state index in [2.05, 4.69) is 38.1 Å². The van der Waals surface area contributed by atoms with Crippen LogP contribution < -0.4 is 0 Å². The van der Waals surface area contributed by atoms with Crippen LogP contribution in [0.1, 0.15) is 11.1 Å². The van der Waals surface area contributed by atoms with Gasteiger partial charge in [-0.25, -0.2) is 0 Å². The molecule has 0 unspecified atom stereocenters. The molecule has 0 amide bonds. The topological polar surface area (TPSA) is 27.7 Å². The Kier molecular flexibility index (Phi) is 15.5. The average molecular weight is 318 g/mol. The van der Waals surface area contributed by atoms with Crippen LogP contribution in [0.25, 0.3) is 0 Å². The first-order chi connectivity index (χ1) is 11.2. The molecule has 0 aliphatic rings. The number of rotatable bonds is 6. The molecule has 0 radical (unpaired) electrons. The van der Waals surface area contributed by atoms with Crippen LogP contribution in [-0.4, -0.2) is 40.6 Å². The minimum atomic E-state index is 0.653. The van der Waals surface area contributed by atoms with Crippen LogP contribution in [-0.2, 0) is 14.2 Å². The van der Waals surface area contributed by atoms with Gasteiger partial charge in [0.25, 0.3) is 0 Å². The molecule has 0 fully saturated rings. The number of hydrogen-bond acceptors (Lipinski definition) is 3.